The second kappa shape index (κ2) is 11.4. The third-order valence-electron chi connectivity index (χ3n) is 3.72. The van der Waals surface area contributed by atoms with Gasteiger partial charge in [-0.1, -0.05) is 53.6 Å². The summed E-state index contributed by atoms with van der Waals surface area (Å²) in [5, 5.41) is 0. The predicted molar refractivity (Wildman–Crippen MR) is 103 cm³/mol. The molecule has 2 heteroatoms. The molecule has 0 radical (unpaired) electrons. The van der Waals surface area contributed by atoms with Gasteiger partial charge in [-0.3, -0.25) is 0 Å². The van der Waals surface area contributed by atoms with Crippen LogP contribution in [0, 0.1) is 0 Å². The standard InChI is InChI=1S/C22H30O2/c1-5-24-22(23)17-21(20-14-7-6-8-15-20)16-10-13-19(4)12-9-11-18(2)3/h6-8,11,13-15,17H,5,9-10,12,16H2,1-4H3/b19-13+,21-17+. The fourth-order valence-electron chi connectivity index (χ4n) is 2.44. The van der Waals surface area contributed by atoms with Crippen molar-refractivity contribution in [3.63, 3.8) is 0 Å². The Kier molecular flexibility index (Phi) is 9.52. The van der Waals surface area contributed by atoms with Gasteiger partial charge in [0, 0.05) is 6.08 Å². The van der Waals surface area contributed by atoms with Crippen LogP contribution < -0.4 is 0 Å². The topological polar surface area (TPSA) is 26.3 Å². The van der Waals surface area contributed by atoms with E-state index >= 15 is 0 Å². The summed E-state index contributed by atoms with van der Waals surface area (Å²) in [5.41, 5.74) is 4.88. The molecule has 0 aliphatic rings. The summed E-state index contributed by atoms with van der Waals surface area (Å²) in [6.45, 7) is 8.67. The molecule has 0 saturated heterocycles. The predicted octanol–water partition coefficient (Wildman–Crippen LogP) is 6.11. The molecule has 0 saturated carbocycles. The number of benzene rings is 1. The van der Waals surface area contributed by atoms with Crippen LogP contribution in [0.2, 0.25) is 0 Å². The second-order valence-electron chi connectivity index (χ2n) is 6.20. The van der Waals surface area contributed by atoms with Crippen molar-refractivity contribution in [1.82, 2.24) is 0 Å². The van der Waals surface area contributed by atoms with Gasteiger partial charge in [0.15, 0.2) is 0 Å². The number of carbonyl (C=O) groups is 1. The molecule has 0 spiro atoms. The van der Waals surface area contributed by atoms with Gasteiger partial charge in [-0.2, -0.15) is 0 Å². The highest BCUT2D eigenvalue weighted by atomic mass is 16.5. The van der Waals surface area contributed by atoms with Crippen LogP contribution in [0.3, 0.4) is 0 Å². The van der Waals surface area contributed by atoms with E-state index in [1.54, 1.807) is 6.08 Å². The van der Waals surface area contributed by atoms with Crippen molar-refractivity contribution in [3.8, 4) is 0 Å². The Morgan fingerprint density at radius 2 is 1.67 bits per heavy atom. The number of allylic oxidation sites excluding steroid dienone is 5. The molecule has 0 aliphatic heterocycles. The first kappa shape index (κ1) is 20.0. The zero-order chi connectivity index (χ0) is 17.8. The minimum atomic E-state index is -0.263. The van der Waals surface area contributed by atoms with Gasteiger partial charge in [0.05, 0.1) is 6.61 Å². The lowest BCUT2D eigenvalue weighted by Crippen LogP contribution is -2.01. The largest absolute Gasteiger partial charge is 0.463 e. The maximum absolute atomic E-state index is 11.8. The monoisotopic (exact) mass is 326 g/mol. The Labute approximate surface area is 146 Å². The summed E-state index contributed by atoms with van der Waals surface area (Å²) in [6, 6.07) is 10.1. The molecule has 0 N–H and O–H groups in total. The molecule has 24 heavy (non-hydrogen) atoms. The molecule has 130 valence electrons. The highest BCUT2D eigenvalue weighted by molar-refractivity contribution is 5.91. The summed E-state index contributed by atoms with van der Waals surface area (Å²) in [5.74, 6) is -0.263. The molecular weight excluding hydrogens is 296 g/mol. The normalized spacial score (nSPS) is 12.0. The highest BCUT2D eigenvalue weighted by Crippen LogP contribution is 2.21. The van der Waals surface area contributed by atoms with Crippen LogP contribution in [0.4, 0.5) is 0 Å². The van der Waals surface area contributed by atoms with Crippen molar-refractivity contribution in [2.75, 3.05) is 6.61 Å². The first-order valence-corrected chi connectivity index (χ1v) is 8.74. The fourth-order valence-corrected chi connectivity index (χ4v) is 2.44. The minimum absolute atomic E-state index is 0.263. The Morgan fingerprint density at radius 3 is 2.29 bits per heavy atom. The maximum Gasteiger partial charge on any atom is 0.331 e. The van der Waals surface area contributed by atoms with E-state index in [9.17, 15) is 4.79 Å². The maximum atomic E-state index is 11.8. The Bertz CT molecular complexity index is 588. The van der Waals surface area contributed by atoms with E-state index in [0.29, 0.717) is 6.61 Å². The van der Waals surface area contributed by atoms with Crippen LogP contribution in [0.15, 0.2) is 59.7 Å². The molecule has 0 heterocycles. The average Bonchev–Trinajstić information content (AvgIpc) is 2.54. The molecule has 0 atom stereocenters. The summed E-state index contributed by atoms with van der Waals surface area (Å²) >= 11 is 0. The number of esters is 1. The quantitative estimate of drug-likeness (QED) is 0.311. The molecule has 0 fully saturated rings. The minimum Gasteiger partial charge on any atom is -0.463 e. The SMILES string of the molecule is CCOC(=O)/C=C(\CC/C=C(\C)CCC=C(C)C)c1ccccc1. The lowest BCUT2D eigenvalue weighted by Gasteiger charge is -2.07. The van der Waals surface area contributed by atoms with Gasteiger partial charge in [-0.15, -0.1) is 0 Å². The Balaban J connectivity index is 2.69. The molecule has 0 aliphatic carbocycles. The van der Waals surface area contributed by atoms with Crippen molar-refractivity contribution < 1.29 is 9.53 Å². The van der Waals surface area contributed by atoms with Gasteiger partial charge in [0.25, 0.3) is 0 Å². The lowest BCUT2D eigenvalue weighted by molar-refractivity contribution is -0.137. The Hall–Kier alpha value is -2.09. The number of carbonyl (C=O) groups excluding carboxylic acids is 1. The lowest BCUT2D eigenvalue weighted by atomic mass is 9.99. The molecule has 0 aromatic heterocycles. The number of rotatable bonds is 9. The number of hydrogen-bond acceptors (Lipinski definition) is 2. The fraction of sp³-hybridized carbons (Fsp3) is 0.409. The smallest absolute Gasteiger partial charge is 0.331 e. The molecule has 0 bridgehead atoms. The van der Waals surface area contributed by atoms with E-state index in [4.69, 9.17) is 4.74 Å². The zero-order valence-electron chi connectivity index (χ0n) is 15.5. The van der Waals surface area contributed by atoms with Crippen molar-refractivity contribution >= 4 is 11.5 Å². The van der Waals surface area contributed by atoms with Gasteiger partial charge in [-0.25, -0.2) is 4.79 Å². The van der Waals surface area contributed by atoms with E-state index in [1.165, 1.54) is 11.1 Å². The van der Waals surface area contributed by atoms with E-state index in [2.05, 4.69) is 32.9 Å². The van der Waals surface area contributed by atoms with Crippen molar-refractivity contribution in [2.24, 2.45) is 0 Å². The van der Waals surface area contributed by atoms with E-state index in [1.807, 2.05) is 37.3 Å². The second-order valence-corrected chi connectivity index (χ2v) is 6.20. The highest BCUT2D eigenvalue weighted by Gasteiger charge is 2.05. The van der Waals surface area contributed by atoms with Gasteiger partial charge in [-0.05, 0) is 64.5 Å². The van der Waals surface area contributed by atoms with Crippen LogP contribution >= 0.6 is 0 Å². The van der Waals surface area contributed by atoms with E-state index < -0.39 is 0 Å². The average molecular weight is 326 g/mol. The molecule has 1 aromatic carbocycles. The van der Waals surface area contributed by atoms with Gasteiger partial charge in [0.2, 0.25) is 0 Å². The van der Waals surface area contributed by atoms with Crippen LogP contribution in [-0.2, 0) is 9.53 Å². The van der Waals surface area contributed by atoms with Crippen molar-refractivity contribution in [2.45, 2.75) is 53.4 Å². The van der Waals surface area contributed by atoms with Crippen LogP contribution in [0.1, 0.15) is 58.9 Å². The summed E-state index contributed by atoms with van der Waals surface area (Å²) < 4.78 is 5.06. The van der Waals surface area contributed by atoms with Gasteiger partial charge in [0.1, 0.15) is 0 Å². The first-order chi connectivity index (χ1) is 11.5. The first-order valence-electron chi connectivity index (χ1n) is 8.74. The third-order valence-corrected chi connectivity index (χ3v) is 3.72. The van der Waals surface area contributed by atoms with Crippen molar-refractivity contribution in [1.29, 1.82) is 0 Å². The summed E-state index contributed by atoms with van der Waals surface area (Å²) in [6.07, 6.45) is 10.1. The van der Waals surface area contributed by atoms with E-state index in [0.717, 1.165) is 36.8 Å². The molecule has 1 aromatic rings. The third kappa shape index (κ3) is 8.52. The van der Waals surface area contributed by atoms with Crippen LogP contribution in [0.25, 0.3) is 5.57 Å². The van der Waals surface area contributed by atoms with Gasteiger partial charge >= 0.3 is 5.97 Å². The molecule has 1 rings (SSSR count). The van der Waals surface area contributed by atoms with Gasteiger partial charge < -0.3 is 4.74 Å². The van der Waals surface area contributed by atoms with E-state index in [-0.39, 0.29) is 5.97 Å². The Morgan fingerprint density at radius 1 is 1.00 bits per heavy atom. The molecule has 0 amide bonds. The summed E-state index contributed by atoms with van der Waals surface area (Å²) in [4.78, 5) is 11.8. The van der Waals surface area contributed by atoms with Crippen LogP contribution in [-0.4, -0.2) is 12.6 Å². The molecule has 0 unspecified atom stereocenters. The zero-order valence-corrected chi connectivity index (χ0v) is 15.5. The van der Waals surface area contributed by atoms with Crippen LogP contribution in [0.5, 0.6) is 0 Å². The molecular formula is C22H30O2. The number of hydrogen-bond donors (Lipinski definition) is 0. The van der Waals surface area contributed by atoms with Crippen molar-refractivity contribution in [3.05, 3.63) is 65.3 Å². The summed E-state index contributed by atoms with van der Waals surface area (Å²) in [7, 11) is 0. The number of ether oxygens (including phenoxy) is 1. The molecule has 2 nitrogen and oxygen atoms in total.